The van der Waals surface area contributed by atoms with Crippen LogP contribution in [0, 0.1) is 0 Å². The number of rotatable bonds is 33. The highest BCUT2D eigenvalue weighted by Crippen LogP contribution is 2.41. The maximum atomic E-state index is 13.5. The minimum absolute atomic E-state index is 0.0774. The molecule has 2 nitrogen and oxygen atoms in total. The summed E-state index contributed by atoms with van der Waals surface area (Å²) in [6.45, 7) is 9.81. The molecule has 2 rings (SSSR count). The molecule has 5 heteroatoms. The van der Waals surface area contributed by atoms with Crippen LogP contribution in [0.3, 0.4) is 0 Å². The van der Waals surface area contributed by atoms with E-state index < -0.39 is 0 Å². The van der Waals surface area contributed by atoms with Gasteiger partial charge in [0.05, 0.1) is 6.61 Å². The lowest BCUT2D eigenvalue weighted by Crippen LogP contribution is -1.99. The van der Waals surface area contributed by atoms with Gasteiger partial charge in [-0.3, -0.25) is 4.79 Å². The van der Waals surface area contributed by atoms with Crippen LogP contribution in [0.2, 0.25) is 0 Å². The molecule has 2 aromatic rings. The molecule has 0 aliphatic heterocycles. The van der Waals surface area contributed by atoms with Crippen LogP contribution in [0.25, 0.3) is 6.08 Å². The fraction of sp³-hybridized carbons (Fsp3) is 0.667. The van der Waals surface area contributed by atoms with E-state index in [0.717, 1.165) is 47.2 Å². The van der Waals surface area contributed by atoms with Crippen molar-refractivity contribution in [2.24, 2.45) is 0 Å². The van der Waals surface area contributed by atoms with Gasteiger partial charge in [0.2, 0.25) is 0 Å². The van der Waals surface area contributed by atoms with Crippen molar-refractivity contribution in [3.05, 3.63) is 53.6 Å². The molecule has 2 aromatic carbocycles. The zero-order chi connectivity index (χ0) is 35.9. The highest BCUT2D eigenvalue weighted by molar-refractivity contribution is 8.03. The Kier molecular flexibility index (Phi) is 28.0. The van der Waals surface area contributed by atoms with E-state index in [9.17, 15) is 4.79 Å². The largest absolute Gasteiger partial charge is 0.494 e. The third kappa shape index (κ3) is 21.3. The summed E-state index contributed by atoms with van der Waals surface area (Å²) >= 11 is 5.83. The van der Waals surface area contributed by atoms with Gasteiger partial charge in [-0.1, -0.05) is 161 Å². The topological polar surface area (TPSA) is 26.3 Å². The predicted octanol–water partition coefficient (Wildman–Crippen LogP) is 15.9. The summed E-state index contributed by atoms with van der Waals surface area (Å²) in [5.74, 6) is 4.31. The van der Waals surface area contributed by atoms with Gasteiger partial charge in [0.15, 0.2) is 5.78 Å². The van der Waals surface area contributed by atoms with Gasteiger partial charge in [-0.2, -0.15) is 0 Å². The van der Waals surface area contributed by atoms with Crippen molar-refractivity contribution in [2.45, 2.75) is 184 Å². The van der Waals surface area contributed by atoms with Crippen molar-refractivity contribution in [3.63, 3.8) is 0 Å². The summed E-state index contributed by atoms with van der Waals surface area (Å²) < 4.78 is 6.03. The van der Waals surface area contributed by atoms with Gasteiger partial charge in [-0.05, 0) is 78.8 Å². The number of carbonyl (C=O) groups excluding carboxylic acids is 1. The quantitative estimate of drug-likeness (QED) is 0.0314. The van der Waals surface area contributed by atoms with E-state index in [-0.39, 0.29) is 5.78 Å². The number of allylic oxidation sites excluding steroid dienone is 1. The van der Waals surface area contributed by atoms with Crippen LogP contribution in [0.4, 0.5) is 0 Å². The molecule has 0 bridgehead atoms. The second kappa shape index (κ2) is 31.2. The molecule has 0 aliphatic carbocycles. The average molecular weight is 741 g/mol. The Labute approximate surface area is 321 Å². The van der Waals surface area contributed by atoms with Crippen LogP contribution in [0.5, 0.6) is 5.75 Å². The molecule has 0 spiro atoms. The highest BCUT2D eigenvalue weighted by atomic mass is 32.2. The summed E-state index contributed by atoms with van der Waals surface area (Å²) in [5, 5.41) is 0. The molecule has 0 amide bonds. The van der Waals surface area contributed by atoms with E-state index in [4.69, 9.17) is 4.74 Å². The maximum absolute atomic E-state index is 13.5. The number of thioether (sulfide) groups is 3. The maximum Gasteiger partial charge on any atom is 0.185 e. The number of benzene rings is 2. The number of unbranched alkanes of at least 4 members (excludes halogenated alkanes) is 18. The molecule has 0 saturated carbocycles. The molecule has 0 atom stereocenters. The molecular weight excluding hydrogens is 669 g/mol. The minimum atomic E-state index is 0.0774. The molecule has 0 radical (unpaired) electrons. The van der Waals surface area contributed by atoms with Crippen LogP contribution in [-0.4, -0.2) is 29.6 Å². The SMILES string of the molecule is CCCCCCCCCCCCCCCCCCOc1ccc(/C=C/C(=O)c2cc(SCCCC)c(SCCCC)c(SCCCC)c2)cc1. The summed E-state index contributed by atoms with van der Waals surface area (Å²) in [6.07, 6.45) is 33.0. The Morgan fingerprint density at radius 2 is 0.960 bits per heavy atom. The monoisotopic (exact) mass is 740 g/mol. The Morgan fingerprint density at radius 3 is 1.42 bits per heavy atom. The van der Waals surface area contributed by atoms with Gasteiger partial charge in [-0.25, -0.2) is 0 Å². The van der Waals surface area contributed by atoms with Crippen molar-refractivity contribution in [3.8, 4) is 5.75 Å². The molecule has 0 fully saturated rings. The number of ether oxygens (including phenoxy) is 1. The van der Waals surface area contributed by atoms with E-state index in [1.165, 1.54) is 150 Å². The van der Waals surface area contributed by atoms with Crippen LogP contribution in [0.15, 0.2) is 57.2 Å². The van der Waals surface area contributed by atoms with E-state index >= 15 is 0 Å². The van der Waals surface area contributed by atoms with Crippen LogP contribution < -0.4 is 4.74 Å². The summed E-state index contributed by atoms with van der Waals surface area (Å²) in [7, 11) is 0. The lowest BCUT2D eigenvalue weighted by atomic mass is 10.0. The van der Waals surface area contributed by atoms with Crippen molar-refractivity contribution in [2.75, 3.05) is 23.9 Å². The lowest BCUT2D eigenvalue weighted by molar-refractivity contribution is 0.104. The summed E-state index contributed by atoms with van der Waals surface area (Å²) in [6, 6.07) is 12.5. The van der Waals surface area contributed by atoms with Crippen LogP contribution in [0.1, 0.15) is 185 Å². The second-order valence-corrected chi connectivity index (χ2v) is 17.2. The fourth-order valence-corrected chi connectivity index (χ4v) is 9.85. The Bertz CT molecular complexity index is 1110. The zero-order valence-corrected chi connectivity index (χ0v) is 35.0. The Hall–Kier alpha value is -1.30. The number of ketones is 1. The van der Waals surface area contributed by atoms with Crippen LogP contribution >= 0.6 is 35.3 Å². The first-order valence-corrected chi connectivity index (χ1v) is 23.6. The molecule has 0 unspecified atom stereocenters. The van der Waals surface area contributed by atoms with Gasteiger partial charge < -0.3 is 4.74 Å². The van der Waals surface area contributed by atoms with Gasteiger partial charge in [-0.15, -0.1) is 35.3 Å². The van der Waals surface area contributed by atoms with E-state index in [1.807, 2.05) is 53.5 Å². The first-order valence-electron chi connectivity index (χ1n) is 20.6. The number of hydrogen-bond acceptors (Lipinski definition) is 5. The highest BCUT2D eigenvalue weighted by Gasteiger charge is 2.16. The van der Waals surface area contributed by atoms with Gasteiger partial charge in [0, 0.05) is 20.2 Å². The zero-order valence-electron chi connectivity index (χ0n) is 32.5. The molecular formula is C45H72O2S3. The Balaban J connectivity index is 1.75. The number of carbonyl (C=O) groups is 1. The van der Waals surface area contributed by atoms with E-state index in [2.05, 4.69) is 52.0 Å². The molecule has 0 saturated heterocycles. The van der Waals surface area contributed by atoms with Gasteiger partial charge in [0.1, 0.15) is 5.75 Å². The fourth-order valence-electron chi connectivity index (χ4n) is 5.83. The van der Waals surface area contributed by atoms with Gasteiger partial charge in [0.25, 0.3) is 0 Å². The molecule has 282 valence electrons. The molecule has 0 aromatic heterocycles. The average Bonchev–Trinajstić information content (AvgIpc) is 3.13. The lowest BCUT2D eigenvalue weighted by Gasteiger charge is -2.16. The molecule has 0 N–H and O–H groups in total. The standard InChI is InChI=1S/C45H72O2S3/c1-5-9-13-14-15-16-17-18-19-20-21-22-23-24-25-26-33-47-41-30-27-39(28-31-41)29-32-42(46)40-37-43(48-34-10-6-2)45(50-36-12-8-4)44(38-40)49-35-11-7-3/h27-32,37-38H,5-26,33-36H2,1-4H3/b32-29+. The van der Waals surface area contributed by atoms with Crippen molar-refractivity contribution in [1.29, 1.82) is 0 Å². The molecule has 0 heterocycles. The third-order valence-electron chi connectivity index (χ3n) is 9.13. The van der Waals surface area contributed by atoms with Crippen molar-refractivity contribution in [1.82, 2.24) is 0 Å². The smallest absolute Gasteiger partial charge is 0.185 e. The Morgan fingerprint density at radius 1 is 0.540 bits per heavy atom. The molecule has 0 aliphatic rings. The first kappa shape index (κ1) is 44.9. The molecule has 50 heavy (non-hydrogen) atoms. The predicted molar refractivity (Wildman–Crippen MR) is 228 cm³/mol. The van der Waals surface area contributed by atoms with Crippen molar-refractivity contribution >= 4 is 47.1 Å². The third-order valence-corrected chi connectivity index (χ3v) is 12.9. The summed E-state index contributed by atoms with van der Waals surface area (Å²) in [4.78, 5) is 17.4. The van der Waals surface area contributed by atoms with Gasteiger partial charge >= 0.3 is 0 Å². The van der Waals surface area contributed by atoms with Crippen molar-refractivity contribution < 1.29 is 9.53 Å². The van der Waals surface area contributed by atoms with E-state index in [1.54, 1.807) is 6.08 Å². The summed E-state index contributed by atoms with van der Waals surface area (Å²) in [5.41, 5.74) is 1.83. The first-order chi connectivity index (χ1) is 24.6. The van der Waals surface area contributed by atoms with Crippen LogP contribution in [-0.2, 0) is 0 Å². The normalized spacial score (nSPS) is 11.5. The second-order valence-electron chi connectivity index (χ2n) is 13.8. The number of hydrogen-bond donors (Lipinski definition) is 0. The van der Waals surface area contributed by atoms with E-state index in [0.29, 0.717) is 0 Å². The minimum Gasteiger partial charge on any atom is -0.494 e.